The Hall–Kier alpha value is -1.48. The number of benzene rings is 1. The molecule has 1 N–H and O–H groups in total. The Labute approximate surface area is 86.1 Å². The van der Waals surface area contributed by atoms with Gasteiger partial charge in [0.25, 0.3) is 5.52 Å². The molecule has 1 aromatic carbocycles. The normalized spacial score (nSPS) is 10.4. The first-order valence-corrected chi connectivity index (χ1v) is 4.47. The zero-order valence-corrected chi connectivity index (χ0v) is 8.32. The fourth-order valence-electron chi connectivity index (χ4n) is 1.34. The van der Waals surface area contributed by atoms with E-state index >= 15 is 0 Å². The van der Waals surface area contributed by atoms with Crippen LogP contribution < -0.4 is 9.47 Å². The van der Waals surface area contributed by atoms with Gasteiger partial charge in [0.2, 0.25) is 6.20 Å². The van der Waals surface area contributed by atoms with E-state index in [-0.39, 0.29) is 0 Å². The molecular weight excluding hydrogens is 202 g/mol. The van der Waals surface area contributed by atoms with Gasteiger partial charge in [0.1, 0.15) is 10.8 Å². The molecule has 4 heteroatoms. The summed E-state index contributed by atoms with van der Waals surface area (Å²) >= 11 is 5.79. The highest BCUT2D eigenvalue weighted by Crippen LogP contribution is 2.19. The van der Waals surface area contributed by atoms with Gasteiger partial charge in [-0.15, -0.1) is 0 Å². The standard InChI is InChI=1S/C10H9ClNO2/c1-14-9-3-2-7-4-8(11)6-12(13)10(7)5-9/h2-6,13H,1H3/q+1. The molecule has 0 aliphatic carbocycles. The van der Waals surface area contributed by atoms with Gasteiger partial charge in [-0.25, -0.2) is 0 Å². The summed E-state index contributed by atoms with van der Waals surface area (Å²) in [6, 6.07) is 7.18. The Bertz CT molecular complexity index is 485. The van der Waals surface area contributed by atoms with Crippen molar-refractivity contribution in [2.75, 3.05) is 7.11 Å². The summed E-state index contributed by atoms with van der Waals surface area (Å²) in [6.45, 7) is 0. The van der Waals surface area contributed by atoms with Crippen LogP contribution in [0.4, 0.5) is 0 Å². The molecule has 0 aliphatic rings. The Morgan fingerprint density at radius 2 is 2.14 bits per heavy atom. The second-order valence-electron chi connectivity index (χ2n) is 2.93. The molecule has 14 heavy (non-hydrogen) atoms. The van der Waals surface area contributed by atoms with Crippen molar-refractivity contribution in [3.8, 4) is 5.75 Å². The molecule has 0 saturated carbocycles. The maximum atomic E-state index is 9.55. The van der Waals surface area contributed by atoms with Crippen molar-refractivity contribution >= 4 is 22.5 Å². The van der Waals surface area contributed by atoms with E-state index in [0.717, 1.165) is 10.1 Å². The summed E-state index contributed by atoms with van der Waals surface area (Å²) in [7, 11) is 1.58. The first-order valence-electron chi connectivity index (χ1n) is 4.09. The molecule has 2 aromatic rings. The minimum atomic E-state index is 0.491. The highest BCUT2D eigenvalue weighted by atomic mass is 35.5. The van der Waals surface area contributed by atoms with Gasteiger partial charge in [-0.05, 0) is 18.2 Å². The number of rotatable bonds is 1. The van der Waals surface area contributed by atoms with E-state index in [9.17, 15) is 5.21 Å². The van der Waals surface area contributed by atoms with Crippen LogP contribution in [-0.2, 0) is 0 Å². The van der Waals surface area contributed by atoms with E-state index in [4.69, 9.17) is 16.3 Å². The van der Waals surface area contributed by atoms with Crippen molar-refractivity contribution in [2.24, 2.45) is 0 Å². The van der Waals surface area contributed by atoms with Crippen molar-refractivity contribution in [3.63, 3.8) is 0 Å². The Kier molecular flexibility index (Phi) is 2.17. The lowest BCUT2D eigenvalue weighted by Crippen LogP contribution is -2.30. The summed E-state index contributed by atoms with van der Waals surface area (Å²) in [5, 5.41) is 10.9. The molecule has 0 bridgehead atoms. The fourth-order valence-corrected chi connectivity index (χ4v) is 1.55. The zero-order valence-electron chi connectivity index (χ0n) is 7.57. The molecule has 0 fully saturated rings. The minimum Gasteiger partial charge on any atom is -0.497 e. The first kappa shape index (κ1) is 9.09. The third-order valence-electron chi connectivity index (χ3n) is 2.02. The average Bonchev–Trinajstić information content (AvgIpc) is 2.17. The Balaban J connectivity index is 2.75. The summed E-state index contributed by atoms with van der Waals surface area (Å²) in [6.07, 6.45) is 1.43. The summed E-state index contributed by atoms with van der Waals surface area (Å²) in [5.74, 6) is 0.697. The third kappa shape index (κ3) is 1.46. The third-order valence-corrected chi connectivity index (χ3v) is 2.23. The van der Waals surface area contributed by atoms with Crippen molar-refractivity contribution in [2.45, 2.75) is 0 Å². The van der Waals surface area contributed by atoms with E-state index in [2.05, 4.69) is 0 Å². The maximum Gasteiger partial charge on any atom is 0.268 e. The number of nitrogens with zero attached hydrogens (tertiary/aromatic N) is 1. The number of halogens is 1. The molecular formula is C10H9ClNO2+. The van der Waals surface area contributed by atoms with E-state index < -0.39 is 0 Å². The van der Waals surface area contributed by atoms with E-state index in [1.807, 2.05) is 12.1 Å². The minimum absolute atomic E-state index is 0.491. The van der Waals surface area contributed by atoms with Gasteiger partial charge in [0.05, 0.1) is 18.6 Å². The van der Waals surface area contributed by atoms with Gasteiger partial charge in [-0.3, -0.25) is 5.21 Å². The molecule has 0 radical (unpaired) electrons. The second-order valence-corrected chi connectivity index (χ2v) is 3.36. The topological polar surface area (TPSA) is 33.3 Å². The number of pyridine rings is 1. The predicted octanol–water partition coefficient (Wildman–Crippen LogP) is 2.03. The van der Waals surface area contributed by atoms with Gasteiger partial charge < -0.3 is 4.74 Å². The fraction of sp³-hybridized carbons (Fsp3) is 0.100. The van der Waals surface area contributed by atoms with Gasteiger partial charge in [-0.2, -0.15) is 0 Å². The number of hydrogen-bond acceptors (Lipinski definition) is 2. The Morgan fingerprint density at radius 1 is 1.36 bits per heavy atom. The largest absolute Gasteiger partial charge is 0.497 e. The van der Waals surface area contributed by atoms with Crippen molar-refractivity contribution in [1.82, 2.24) is 0 Å². The van der Waals surface area contributed by atoms with Crippen LogP contribution in [0.1, 0.15) is 0 Å². The molecule has 2 rings (SSSR count). The average molecular weight is 211 g/mol. The highest BCUT2D eigenvalue weighted by Gasteiger charge is 2.10. The monoisotopic (exact) mass is 210 g/mol. The van der Waals surface area contributed by atoms with E-state index in [1.165, 1.54) is 6.20 Å². The molecule has 1 aromatic heterocycles. The molecule has 0 saturated heterocycles. The molecule has 0 unspecified atom stereocenters. The molecule has 0 aliphatic heterocycles. The van der Waals surface area contributed by atoms with Crippen LogP contribution in [0, 0.1) is 0 Å². The van der Waals surface area contributed by atoms with E-state index in [0.29, 0.717) is 16.3 Å². The molecule has 0 amide bonds. The summed E-state index contributed by atoms with van der Waals surface area (Å²) in [5.41, 5.74) is 0.661. The quantitative estimate of drug-likeness (QED) is 0.577. The Morgan fingerprint density at radius 3 is 2.86 bits per heavy atom. The van der Waals surface area contributed by atoms with Gasteiger partial charge in [0.15, 0.2) is 0 Å². The molecule has 0 spiro atoms. The smallest absolute Gasteiger partial charge is 0.268 e. The van der Waals surface area contributed by atoms with Crippen LogP contribution in [0.3, 0.4) is 0 Å². The van der Waals surface area contributed by atoms with Crippen LogP contribution >= 0.6 is 11.6 Å². The van der Waals surface area contributed by atoms with Crippen LogP contribution in [0.5, 0.6) is 5.75 Å². The van der Waals surface area contributed by atoms with Crippen molar-refractivity contribution < 1.29 is 14.7 Å². The van der Waals surface area contributed by atoms with Crippen molar-refractivity contribution in [3.05, 3.63) is 35.5 Å². The number of methoxy groups -OCH3 is 1. The number of hydrogen-bond donors (Lipinski definition) is 1. The predicted molar refractivity (Wildman–Crippen MR) is 52.9 cm³/mol. The lowest BCUT2D eigenvalue weighted by atomic mass is 10.2. The summed E-state index contributed by atoms with van der Waals surface area (Å²) < 4.78 is 6.04. The highest BCUT2D eigenvalue weighted by molar-refractivity contribution is 6.30. The van der Waals surface area contributed by atoms with Gasteiger partial charge in [-0.1, -0.05) is 11.6 Å². The molecule has 1 heterocycles. The first-order chi connectivity index (χ1) is 6.70. The molecule has 72 valence electrons. The zero-order chi connectivity index (χ0) is 10.1. The lowest BCUT2D eigenvalue weighted by molar-refractivity contribution is -0.884. The van der Waals surface area contributed by atoms with Crippen molar-refractivity contribution in [1.29, 1.82) is 0 Å². The van der Waals surface area contributed by atoms with E-state index in [1.54, 1.807) is 19.2 Å². The van der Waals surface area contributed by atoms with Crippen LogP contribution in [0.25, 0.3) is 10.9 Å². The molecule has 0 atom stereocenters. The number of fused-ring (bicyclic) bond motifs is 1. The van der Waals surface area contributed by atoms with Crippen LogP contribution in [0.2, 0.25) is 5.02 Å². The second kappa shape index (κ2) is 3.35. The maximum absolute atomic E-state index is 9.55. The summed E-state index contributed by atoms with van der Waals surface area (Å²) in [4.78, 5) is 0. The lowest BCUT2D eigenvalue weighted by Gasteiger charge is -1.99. The van der Waals surface area contributed by atoms with Gasteiger partial charge in [0, 0.05) is 4.73 Å². The molecule has 3 nitrogen and oxygen atoms in total. The van der Waals surface area contributed by atoms with Gasteiger partial charge >= 0.3 is 0 Å². The number of ether oxygens (including phenoxy) is 1. The van der Waals surface area contributed by atoms with Crippen LogP contribution in [0.15, 0.2) is 30.5 Å². The van der Waals surface area contributed by atoms with Crippen LogP contribution in [-0.4, -0.2) is 12.3 Å². The number of aromatic nitrogens is 1. The SMILES string of the molecule is COc1ccc2cc(Cl)c[n+](O)c2c1.